The quantitative estimate of drug-likeness (QED) is 0.313. The van der Waals surface area contributed by atoms with Crippen LogP contribution in [0.3, 0.4) is 0 Å². The van der Waals surface area contributed by atoms with E-state index in [0.29, 0.717) is 5.92 Å². The zero-order chi connectivity index (χ0) is 10.7. The molecule has 0 heterocycles. The second-order valence-corrected chi connectivity index (χ2v) is 3.96. The third-order valence-electron chi connectivity index (χ3n) is 3.12. The van der Waals surface area contributed by atoms with Gasteiger partial charge in [0.1, 0.15) is 5.84 Å². The molecule has 2 rings (SSSR count). The molecule has 0 saturated heterocycles. The predicted molar refractivity (Wildman–Crippen MR) is 62.6 cm³/mol. The first-order chi connectivity index (χ1) is 7.35. The predicted octanol–water partition coefficient (Wildman–Crippen LogP) is 1.28. The first-order valence-electron chi connectivity index (χ1n) is 5.35. The number of nitrogens with one attached hydrogen (secondary N) is 1. The van der Waals surface area contributed by atoms with Gasteiger partial charge >= 0.3 is 0 Å². The topological polar surface area (TPSA) is 50.4 Å². The molecule has 1 aromatic rings. The highest BCUT2D eigenvalue weighted by atomic mass is 15.2. The third kappa shape index (κ3) is 2.02. The van der Waals surface area contributed by atoms with Gasteiger partial charge in [0.25, 0.3) is 0 Å². The Bertz CT molecular complexity index is 371. The normalized spacial score (nSPS) is 20.9. The molecule has 0 aromatic heterocycles. The van der Waals surface area contributed by atoms with Crippen LogP contribution in [0.1, 0.15) is 17.5 Å². The maximum atomic E-state index is 5.45. The lowest BCUT2D eigenvalue weighted by Gasteiger charge is -2.25. The van der Waals surface area contributed by atoms with Gasteiger partial charge in [-0.3, -0.25) is 4.99 Å². The Morgan fingerprint density at radius 2 is 2.13 bits per heavy atom. The monoisotopic (exact) mass is 203 g/mol. The van der Waals surface area contributed by atoms with Crippen LogP contribution in [0.25, 0.3) is 0 Å². The summed E-state index contributed by atoms with van der Waals surface area (Å²) in [4.78, 5) is 4.18. The molecule has 0 radical (unpaired) electrons. The minimum atomic E-state index is 0.454. The van der Waals surface area contributed by atoms with Crippen molar-refractivity contribution in [2.75, 3.05) is 7.05 Å². The van der Waals surface area contributed by atoms with Crippen molar-refractivity contribution in [3.8, 4) is 0 Å². The molecule has 1 unspecified atom stereocenters. The van der Waals surface area contributed by atoms with Gasteiger partial charge in [0.15, 0.2) is 0 Å². The third-order valence-corrected chi connectivity index (χ3v) is 3.12. The zero-order valence-electron chi connectivity index (χ0n) is 9.03. The van der Waals surface area contributed by atoms with E-state index in [1.807, 2.05) is 0 Å². The molecule has 0 aliphatic heterocycles. The Morgan fingerprint density at radius 3 is 2.80 bits per heavy atom. The molecule has 1 atom stereocenters. The molecule has 3 nitrogen and oxygen atoms in total. The van der Waals surface area contributed by atoms with Crippen LogP contribution in [-0.4, -0.2) is 12.9 Å². The maximum absolute atomic E-state index is 5.45. The van der Waals surface area contributed by atoms with Gasteiger partial charge in [-0.2, -0.15) is 0 Å². The first kappa shape index (κ1) is 10.2. The number of amidine groups is 1. The van der Waals surface area contributed by atoms with E-state index in [-0.39, 0.29) is 0 Å². The molecule has 80 valence electrons. The van der Waals surface area contributed by atoms with Crippen molar-refractivity contribution >= 4 is 5.84 Å². The van der Waals surface area contributed by atoms with Gasteiger partial charge < -0.3 is 5.43 Å². The molecule has 0 bridgehead atoms. The van der Waals surface area contributed by atoms with Gasteiger partial charge in [-0.25, -0.2) is 5.84 Å². The van der Waals surface area contributed by atoms with Crippen LogP contribution in [0.5, 0.6) is 0 Å². The van der Waals surface area contributed by atoms with Crippen LogP contribution >= 0.6 is 0 Å². The summed E-state index contributed by atoms with van der Waals surface area (Å²) in [7, 11) is 1.79. The van der Waals surface area contributed by atoms with E-state index in [1.54, 1.807) is 7.05 Å². The van der Waals surface area contributed by atoms with Crippen LogP contribution in [0, 0.1) is 5.92 Å². The van der Waals surface area contributed by atoms with Gasteiger partial charge in [-0.1, -0.05) is 24.3 Å². The lowest BCUT2D eigenvalue weighted by atomic mass is 9.83. The maximum Gasteiger partial charge on any atom is 0.113 e. The molecule has 1 aliphatic rings. The fourth-order valence-electron chi connectivity index (χ4n) is 2.30. The van der Waals surface area contributed by atoms with Gasteiger partial charge in [0.2, 0.25) is 0 Å². The smallest absolute Gasteiger partial charge is 0.113 e. The number of aliphatic imine (C=N–C) groups is 1. The highest BCUT2D eigenvalue weighted by Crippen LogP contribution is 2.25. The van der Waals surface area contributed by atoms with Crippen molar-refractivity contribution in [2.24, 2.45) is 16.8 Å². The fourth-order valence-corrected chi connectivity index (χ4v) is 2.30. The van der Waals surface area contributed by atoms with Crippen LogP contribution < -0.4 is 11.3 Å². The van der Waals surface area contributed by atoms with Gasteiger partial charge in [-0.05, 0) is 30.4 Å². The second-order valence-electron chi connectivity index (χ2n) is 3.96. The highest BCUT2D eigenvalue weighted by Gasteiger charge is 2.21. The van der Waals surface area contributed by atoms with Crippen molar-refractivity contribution in [1.29, 1.82) is 0 Å². The fraction of sp³-hybridized carbons (Fsp3) is 0.417. The van der Waals surface area contributed by atoms with E-state index in [1.165, 1.54) is 11.1 Å². The van der Waals surface area contributed by atoms with E-state index in [2.05, 4.69) is 34.7 Å². The van der Waals surface area contributed by atoms with E-state index < -0.39 is 0 Å². The molecule has 0 spiro atoms. The number of nitrogens with two attached hydrogens (primary N) is 1. The summed E-state index contributed by atoms with van der Waals surface area (Å²) in [5, 5.41) is 0. The summed E-state index contributed by atoms with van der Waals surface area (Å²) >= 11 is 0. The number of hydrogen-bond acceptors (Lipinski definition) is 2. The van der Waals surface area contributed by atoms with Gasteiger partial charge in [0.05, 0.1) is 0 Å². The van der Waals surface area contributed by atoms with E-state index in [0.717, 1.165) is 25.1 Å². The summed E-state index contributed by atoms with van der Waals surface area (Å²) in [6.07, 6.45) is 3.31. The minimum Gasteiger partial charge on any atom is -0.312 e. The van der Waals surface area contributed by atoms with Crippen molar-refractivity contribution in [1.82, 2.24) is 5.43 Å². The largest absolute Gasteiger partial charge is 0.312 e. The molecule has 3 N–H and O–H groups in total. The molecule has 0 amide bonds. The first-order valence-corrected chi connectivity index (χ1v) is 5.35. The SMILES string of the molecule is CN=C(NN)C1CCc2ccccc2C1. The van der Waals surface area contributed by atoms with Crippen LogP contribution in [-0.2, 0) is 12.8 Å². The number of aryl methyl sites for hydroxylation is 1. The standard InChI is InChI=1S/C12H17N3/c1-14-12(15-13)11-7-6-9-4-2-3-5-10(9)8-11/h2-5,11H,6-8,13H2,1H3,(H,14,15). The molecule has 0 fully saturated rings. The number of rotatable bonds is 1. The number of fused-ring (bicyclic) bond motifs is 1. The number of hydrogen-bond donors (Lipinski definition) is 2. The van der Waals surface area contributed by atoms with Crippen molar-refractivity contribution in [3.63, 3.8) is 0 Å². The second kappa shape index (κ2) is 4.45. The summed E-state index contributed by atoms with van der Waals surface area (Å²) in [6.45, 7) is 0. The number of nitrogens with zero attached hydrogens (tertiary/aromatic N) is 1. The number of hydrazine groups is 1. The van der Waals surface area contributed by atoms with Crippen LogP contribution in [0.2, 0.25) is 0 Å². The summed E-state index contributed by atoms with van der Waals surface area (Å²) < 4.78 is 0. The molecular formula is C12H17N3. The van der Waals surface area contributed by atoms with E-state index >= 15 is 0 Å². The van der Waals surface area contributed by atoms with Gasteiger partial charge in [0, 0.05) is 13.0 Å². The highest BCUT2D eigenvalue weighted by molar-refractivity contribution is 5.84. The van der Waals surface area contributed by atoms with E-state index in [4.69, 9.17) is 5.84 Å². The molecule has 1 aliphatic carbocycles. The minimum absolute atomic E-state index is 0.454. The molecular weight excluding hydrogens is 186 g/mol. The average molecular weight is 203 g/mol. The van der Waals surface area contributed by atoms with Crippen molar-refractivity contribution in [2.45, 2.75) is 19.3 Å². The average Bonchev–Trinajstić information content (AvgIpc) is 2.30. The summed E-state index contributed by atoms with van der Waals surface area (Å²) in [5.74, 6) is 6.83. The Hall–Kier alpha value is -1.35. The molecule has 3 heteroatoms. The lowest BCUT2D eigenvalue weighted by molar-refractivity contribution is 0.567. The molecule has 15 heavy (non-hydrogen) atoms. The molecule has 0 saturated carbocycles. The number of benzene rings is 1. The van der Waals surface area contributed by atoms with Crippen LogP contribution in [0.4, 0.5) is 0 Å². The van der Waals surface area contributed by atoms with Crippen LogP contribution in [0.15, 0.2) is 29.3 Å². The Labute approximate surface area is 90.4 Å². The van der Waals surface area contributed by atoms with Crippen molar-refractivity contribution in [3.05, 3.63) is 35.4 Å². The zero-order valence-corrected chi connectivity index (χ0v) is 9.03. The Morgan fingerprint density at radius 1 is 1.40 bits per heavy atom. The molecule has 1 aromatic carbocycles. The Kier molecular flexibility index (Phi) is 3.02. The lowest BCUT2D eigenvalue weighted by Crippen LogP contribution is -2.38. The Balaban J connectivity index is 2.18. The van der Waals surface area contributed by atoms with Crippen molar-refractivity contribution < 1.29 is 0 Å². The summed E-state index contributed by atoms with van der Waals surface area (Å²) in [5.41, 5.74) is 5.61. The summed E-state index contributed by atoms with van der Waals surface area (Å²) in [6, 6.07) is 8.62. The van der Waals surface area contributed by atoms with Gasteiger partial charge in [-0.15, -0.1) is 0 Å². The van der Waals surface area contributed by atoms with E-state index in [9.17, 15) is 0 Å².